The van der Waals surface area contributed by atoms with Crippen molar-refractivity contribution in [1.29, 1.82) is 0 Å². The molecule has 16 heavy (non-hydrogen) atoms. The lowest BCUT2D eigenvalue weighted by Gasteiger charge is -2.04. The van der Waals surface area contributed by atoms with Crippen LogP contribution in [0.3, 0.4) is 0 Å². The zero-order valence-electron chi connectivity index (χ0n) is 9.61. The highest BCUT2D eigenvalue weighted by Gasteiger charge is 2.08. The minimum atomic E-state index is -2.87. The molecule has 0 aliphatic rings. The average Bonchev–Trinajstić information content (AvgIpc) is 2.75. The topological polar surface area (TPSA) is 59.3 Å². The Morgan fingerprint density at radius 1 is 1.38 bits per heavy atom. The molecule has 0 atom stereocenters. The van der Waals surface area contributed by atoms with Gasteiger partial charge in [-0.3, -0.25) is 0 Å². The fraction of sp³-hybridized carbons (Fsp3) is 0.636. The summed E-state index contributed by atoms with van der Waals surface area (Å²) in [6.07, 6.45) is 4.93. The molecule has 4 nitrogen and oxygen atoms in total. The van der Waals surface area contributed by atoms with Crippen molar-refractivity contribution in [3.63, 3.8) is 0 Å². The van der Waals surface area contributed by atoms with Crippen molar-refractivity contribution < 1.29 is 12.8 Å². The van der Waals surface area contributed by atoms with Crippen LogP contribution in [0.5, 0.6) is 0 Å². The Morgan fingerprint density at radius 2 is 2.19 bits per heavy atom. The third kappa shape index (κ3) is 5.32. The highest BCUT2D eigenvalue weighted by atomic mass is 32.2. The van der Waals surface area contributed by atoms with Crippen molar-refractivity contribution in [3.05, 3.63) is 24.2 Å². The van der Waals surface area contributed by atoms with E-state index in [1.54, 1.807) is 12.5 Å². The number of furan rings is 1. The van der Waals surface area contributed by atoms with Gasteiger partial charge in [0.05, 0.1) is 24.0 Å². The summed E-state index contributed by atoms with van der Waals surface area (Å²) >= 11 is 0. The number of nitrogens with one attached hydrogen (secondary N) is 1. The van der Waals surface area contributed by atoms with Crippen LogP contribution in [0.4, 0.5) is 0 Å². The maximum atomic E-state index is 11.5. The standard InChI is InChI=1S/C11H19NO3S/c1-2-3-7-16(13,14)8-5-12-9-11-4-6-15-10-11/h4,6,10,12H,2-3,5,7-9H2,1H3. The number of hydrogen-bond donors (Lipinski definition) is 1. The molecule has 1 N–H and O–H groups in total. The lowest BCUT2D eigenvalue weighted by Crippen LogP contribution is -2.24. The van der Waals surface area contributed by atoms with Gasteiger partial charge in [0, 0.05) is 18.7 Å². The molecule has 1 aromatic rings. The Hall–Kier alpha value is -0.810. The molecule has 92 valence electrons. The van der Waals surface area contributed by atoms with Crippen LogP contribution in [-0.4, -0.2) is 26.5 Å². The Balaban J connectivity index is 2.15. The van der Waals surface area contributed by atoms with Gasteiger partial charge in [0.25, 0.3) is 0 Å². The van der Waals surface area contributed by atoms with Crippen molar-refractivity contribution in [1.82, 2.24) is 5.32 Å². The number of hydrogen-bond acceptors (Lipinski definition) is 4. The molecule has 0 spiro atoms. The fourth-order valence-corrected chi connectivity index (χ4v) is 2.71. The van der Waals surface area contributed by atoms with Crippen molar-refractivity contribution in [3.8, 4) is 0 Å². The highest BCUT2D eigenvalue weighted by molar-refractivity contribution is 7.91. The first kappa shape index (κ1) is 13.3. The number of rotatable bonds is 8. The third-order valence-electron chi connectivity index (χ3n) is 2.31. The van der Waals surface area contributed by atoms with Gasteiger partial charge in [-0.1, -0.05) is 13.3 Å². The first-order valence-corrected chi connectivity index (χ1v) is 7.38. The van der Waals surface area contributed by atoms with Crippen molar-refractivity contribution >= 4 is 9.84 Å². The van der Waals surface area contributed by atoms with E-state index in [0.29, 0.717) is 18.8 Å². The van der Waals surface area contributed by atoms with Crippen molar-refractivity contribution in [2.45, 2.75) is 26.3 Å². The molecule has 0 aliphatic carbocycles. The molecule has 0 saturated carbocycles. The summed E-state index contributed by atoms with van der Waals surface area (Å²) in [5.74, 6) is 0.516. The van der Waals surface area contributed by atoms with Gasteiger partial charge in [-0.25, -0.2) is 8.42 Å². The quantitative estimate of drug-likeness (QED) is 0.706. The maximum Gasteiger partial charge on any atom is 0.151 e. The molecule has 0 unspecified atom stereocenters. The second-order valence-electron chi connectivity index (χ2n) is 3.81. The normalized spacial score (nSPS) is 11.8. The van der Waals surface area contributed by atoms with Crippen LogP contribution >= 0.6 is 0 Å². The Morgan fingerprint density at radius 3 is 2.81 bits per heavy atom. The Bertz CT molecular complexity index is 370. The molecule has 0 saturated heterocycles. The van der Waals surface area contributed by atoms with Crippen LogP contribution in [0.15, 0.2) is 23.0 Å². The minimum absolute atomic E-state index is 0.213. The summed E-state index contributed by atoms with van der Waals surface area (Å²) in [5, 5.41) is 3.08. The van der Waals surface area contributed by atoms with Gasteiger partial charge in [-0.05, 0) is 12.5 Å². The van der Waals surface area contributed by atoms with E-state index >= 15 is 0 Å². The van der Waals surface area contributed by atoms with Gasteiger partial charge < -0.3 is 9.73 Å². The van der Waals surface area contributed by atoms with Crippen LogP contribution in [0.25, 0.3) is 0 Å². The molecule has 0 amide bonds. The summed E-state index contributed by atoms with van der Waals surface area (Å²) in [6.45, 7) is 3.14. The molecular formula is C11H19NO3S. The first-order valence-electron chi connectivity index (χ1n) is 5.56. The molecule has 0 bridgehead atoms. The smallest absolute Gasteiger partial charge is 0.151 e. The van der Waals surface area contributed by atoms with Crippen LogP contribution in [-0.2, 0) is 16.4 Å². The molecule has 0 radical (unpaired) electrons. The van der Waals surface area contributed by atoms with Crippen LogP contribution in [0.2, 0.25) is 0 Å². The SMILES string of the molecule is CCCCS(=O)(=O)CCNCc1ccoc1. The molecule has 1 aromatic heterocycles. The van der Waals surface area contributed by atoms with E-state index in [9.17, 15) is 8.42 Å². The van der Waals surface area contributed by atoms with E-state index < -0.39 is 9.84 Å². The van der Waals surface area contributed by atoms with E-state index in [4.69, 9.17) is 4.42 Å². The van der Waals surface area contributed by atoms with E-state index in [0.717, 1.165) is 18.4 Å². The molecule has 1 heterocycles. The molecular weight excluding hydrogens is 226 g/mol. The summed E-state index contributed by atoms with van der Waals surface area (Å²) < 4.78 is 27.9. The van der Waals surface area contributed by atoms with Gasteiger partial charge in [0.1, 0.15) is 0 Å². The first-order chi connectivity index (χ1) is 7.64. The lowest BCUT2D eigenvalue weighted by atomic mass is 10.3. The fourth-order valence-electron chi connectivity index (χ4n) is 1.32. The predicted molar refractivity (Wildman–Crippen MR) is 64.0 cm³/mol. The van der Waals surface area contributed by atoms with Crippen molar-refractivity contribution in [2.75, 3.05) is 18.1 Å². The van der Waals surface area contributed by atoms with Gasteiger partial charge in [-0.2, -0.15) is 0 Å². The molecule has 5 heteroatoms. The largest absolute Gasteiger partial charge is 0.472 e. The summed E-state index contributed by atoms with van der Waals surface area (Å²) in [5.41, 5.74) is 1.03. The van der Waals surface area contributed by atoms with Gasteiger partial charge >= 0.3 is 0 Å². The Labute approximate surface area is 97.0 Å². The van der Waals surface area contributed by atoms with E-state index in [2.05, 4.69) is 5.32 Å². The second-order valence-corrected chi connectivity index (χ2v) is 6.12. The molecule has 0 aromatic carbocycles. The van der Waals surface area contributed by atoms with Gasteiger partial charge in [-0.15, -0.1) is 0 Å². The highest BCUT2D eigenvalue weighted by Crippen LogP contribution is 1.99. The summed E-state index contributed by atoms with van der Waals surface area (Å²) in [6, 6.07) is 1.86. The zero-order valence-corrected chi connectivity index (χ0v) is 10.4. The van der Waals surface area contributed by atoms with E-state index in [1.165, 1.54) is 0 Å². The maximum absolute atomic E-state index is 11.5. The van der Waals surface area contributed by atoms with Crippen molar-refractivity contribution in [2.24, 2.45) is 0 Å². The van der Waals surface area contributed by atoms with E-state index in [-0.39, 0.29) is 5.75 Å². The lowest BCUT2D eigenvalue weighted by molar-refractivity contribution is 0.560. The van der Waals surface area contributed by atoms with Crippen LogP contribution in [0, 0.1) is 0 Å². The monoisotopic (exact) mass is 245 g/mol. The van der Waals surface area contributed by atoms with Crippen LogP contribution < -0.4 is 5.32 Å². The minimum Gasteiger partial charge on any atom is -0.472 e. The molecule has 1 rings (SSSR count). The molecule has 0 fully saturated rings. The van der Waals surface area contributed by atoms with Gasteiger partial charge in [0.15, 0.2) is 9.84 Å². The second kappa shape index (κ2) is 6.70. The number of sulfone groups is 1. The summed E-state index contributed by atoms with van der Waals surface area (Å²) in [7, 11) is -2.87. The van der Waals surface area contributed by atoms with Gasteiger partial charge in [0.2, 0.25) is 0 Å². The summed E-state index contributed by atoms with van der Waals surface area (Å²) in [4.78, 5) is 0. The predicted octanol–water partition coefficient (Wildman–Crippen LogP) is 1.58. The Kier molecular flexibility index (Phi) is 5.55. The average molecular weight is 245 g/mol. The molecule has 0 aliphatic heterocycles. The van der Waals surface area contributed by atoms with Crippen LogP contribution in [0.1, 0.15) is 25.3 Å². The zero-order chi connectivity index (χ0) is 11.9. The third-order valence-corrected chi connectivity index (χ3v) is 4.04. The number of unbranched alkanes of at least 4 members (excludes halogenated alkanes) is 1. The van der Waals surface area contributed by atoms with E-state index in [1.807, 2.05) is 13.0 Å².